The van der Waals surface area contributed by atoms with Crippen LogP contribution in [0.25, 0.3) is 0 Å². The molecule has 16 heavy (non-hydrogen) atoms. The number of carbonyl (C=O) groups is 1. The van der Waals surface area contributed by atoms with Gasteiger partial charge in [-0.2, -0.15) is 13.2 Å². The molecule has 0 aromatic carbocycles. The summed E-state index contributed by atoms with van der Waals surface area (Å²) in [4.78, 5) is 11.1. The van der Waals surface area contributed by atoms with Gasteiger partial charge in [0.25, 0.3) is 0 Å². The molecule has 1 fully saturated rings. The Morgan fingerprint density at radius 2 is 1.94 bits per heavy atom. The number of hydrogen-bond donors (Lipinski definition) is 1. The van der Waals surface area contributed by atoms with Crippen molar-refractivity contribution in [3.05, 3.63) is 0 Å². The molecule has 1 rings (SSSR count). The molecule has 94 valence electrons. The van der Waals surface area contributed by atoms with Gasteiger partial charge in [0.15, 0.2) is 0 Å². The van der Waals surface area contributed by atoms with Crippen molar-refractivity contribution in [1.82, 2.24) is 4.72 Å². The average molecular weight is 261 g/mol. The van der Waals surface area contributed by atoms with E-state index in [1.165, 1.54) is 4.72 Å². The summed E-state index contributed by atoms with van der Waals surface area (Å²) in [6, 6.07) is 0. The maximum Gasteiger partial charge on any atom is 0.511 e. The van der Waals surface area contributed by atoms with E-state index in [1.54, 1.807) is 0 Å². The second-order valence-corrected chi connectivity index (χ2v) is 5.30. The maximum absolute atomic E-state index is 11.9. The van der Waals surface area contributed by atoms with Gasteiger partial charge in [-0.1, -0.05) is 0 Å². The first-order valence-electron chi connectivity index (χ1n) is 4.29. The Kier molecular flexibility index (Phi) is 3.21. The summed E-state index contributed by atoms with van der Waals surface area (Å²) < 4.78 is 62.9. The number of ether oxygens (including phenoxy) is 1. The van der Waals surface area contributed by atoms with Crippen molar-refractivity contribution in [1.29, 1.82) is 0 Å². The van der Waals surface area contributed by atoms with Gasteiger partial charge in [0.1, 0.15) is 0 Å². The van der Waals surface area contributed by atoms with Crippen LogP contribution in [0.3, 0.4) is 0 Å². The van der Waals surface area contributed by atoms with Gasteiger partial charge in [-0.3, -0.25) is 4.79 Å². The molecule has 0 spiro atoms. The van der Waals surface area contributed by atoms with Crippen LogP contribution < -0.4 is 4.72 Å². The van der Waals surface area contributed by atoms with E-state index in [0.717, 1.165) is 7.11 Å². The fourth-order valence-electron chi connectivity index (χ4n) is 1.14. The molecule has 0 aromatic heterocycles. The standard InChI is InChI=1S/C7H10F3NO4S/c1-15-5(12)6(2-3-6)4-11-16(13,14)7(8,9)10/h11H,2-4H2,1H3. The molecule has 0 amide bonds. The summed E-state index contributed by atoms with van der Waals surface area (Å²) >= 11 is 0. The molecule has 0 aliphatic heterocycles. The SMILES string of the molecule is COC(=O)C1(CNS(=O)(=O)C(F)(F)F)CC1. The second kappa shape index (κ2) is 3.88. The first-order chi connectivity index (χ1) is 7.15. The third-order valence-electron chi connectivity index (χ3n) is 2.38. The number of carbonyl (C=O) groups excluding carboxylic acids is 1. The van der Waals surface area contributed by atoms with E-state index in [9.17, 15) is 26.4 Å². The third kappa shape index (κ3) is 2.46. The Hall–Kier alpha value is -0.830. The highest BCUT2D eigenvalue weighted by Crippen LogP contribution is 2.46. The topological polar surface area (TPSA) is 72.5 Å². The fourth-order valence-corrected chi connectivity index (χ4v) is 1.77. The Labute approximate surface area is 90.0 Å². The third-order valence-corrected chi connectivity index (χ3v) is 3.51. The summed E-state index contributed by atoms with van der Waals surface area (Å²) in [6.07, 6.45) is 0.639. The van der Waals surface area contributed by atoms with E-state index < -0.39 is 33.5 Å². The highest BCUT2D eigenvalue weighted by atomic mass is 32.2. The minimum absolute atomic E-state index is 0.319. The first-order valence-corrected chi connectivity index (χ1v) is 5.77. The van der Waals surface area contributed by atoms with Crippen molar-refractivity contribution in [2.24, 2.45) is 5.41 Å². The summed E-state index contributed by atoms with van der Waals surface area (Å²) in [7, 11) is -4.29. The van der Waals surface area contributed by atoms with Crippen LogP contribution in [0.2, 0.25) is 0 Å². The number of esters is 1. The van der Waals surface area contributed by atoms with Gasteiger partial charge in [0.05, 0.1) is 12.5 Å². The fraction of sp³-hybridized carbons (Fsp3) is 0.857. The zero-order valence-corrected chi connectivity index (χ0v) is 9.11. The van der Waals surface area contributed by atoms with Crippen molar-refractivity contribution in [2.75, 3.05) is 13.7 Å². The molecule has 0 heterocycles. The molecule has 0 unspecified atom stereocenters. The molecule has 5 nitrogen and oxygen atoms in total. The summed E-state index contributed by atoms with van der Waals surface area (Å²) in [6.45, 7) is -0.582. The smallest absolute Gasteiger partial charge is 0.469 e. The van der Waals surface area contributed by atoms with Crippen LogP contribution in [-0.2, 0) is 19.6 Å². The van der Waals surface area contributed by atoms with Gasteiger partial charge in [0.2, 0.25) is 0 Å². The Bertz CT molecular complexity index is 385. The number of rotatable bonds is 4. The van der Waals surface area contributed by atoms with Crippen LogP contribution in [0.15, 0.2) is 0 Å². The quantitative estimate of drug-likeness (QED) is 0.742. The number of sulfonamides is 1. The van der Waals surface area contributed by atoms with Crippen molar-refractivity contribution in [2.45, 2.75) is 18.3 Å². The molecule has 0 saturated heterocycles. The lowest BCUT2D eigenvalue weighted by Crippen LogP contribution is -2.41. The van der Waals surface area contributed by atoms with E-state index >= 15 is 0 Å². The molecule has 0 radical (unpaired) electrons. The van der Waals surface area contributed by atoms with Crippen LogP contribution >= 0.6 is 0 Å². The molecular formula is C7H10F3NO4S. The molecule has 0 aromatic rings. The highest BCUT2D eigenvalue weighted by Gasteiger charge is 2.54. The summed E-state index contributed by atoms with van der Waals surface area (Å²) in [5, 5.41) is 0. The van der Waals surface area contributed by atoms with Crippen molar-refractivity contribution >= 4 is 16.0 Å². The van der Waals surface area contributed by atoms with Crippen molar-refractivity contribution in [3.8, 4) is 0 Å². The lowest BCUT2D eigenvalue weighted by Gasteiger charge is -2.14. The van der Waals surface area contributed by atoms with Crippen LogP contribution in [-0.4, -0.2) is 33.5 Å². The normalized spacial score (nSPS) is 19.2. The Morgan fingerprint density at radius 3 is 2.25 bits per heavy atom. The van der Waals surface area contributed by atoms with Gasteiger partial charge < -0.3 is 4.74 Å². The minimum atomic E-state index is -5.39. The maximum atomic E-state index is 11.9. The summed E-state index contributed by atoms with van der Waals surface area (Å²) in [5.41, 5.74) is -6.48. The number of hydrogen-bond acceptors (Lipinski definition) is 4. The Balaban J connectivity index is 2.63. The zero-order chi connectivity index (χ0) is 12.6. The number of methoxy groups -OCH3 is 1. The second-order valence-electron chi connectivity index (χ2n) is 3.54. The van der Waals surface area contributed by atoms with Crippen LogP contribution in [0.4, 0.5) is 13.2 Å². The zero-order valence-electron chi connectivity index (χ0n) is 8.30. The lowest BCUT2D eigenvalue weighted by molar-refractivity contribution is -0.146. The van der Waals surface area contributed by atoms with Crippen molar-refractivity contribution in [3.63, 3.8) is 0 Å². The first kappa shape index (κ1) is 13.2. The number of halogens is 3. The van der Waals surface area contributed by atoms with Gasteiger partial charge >= 0.3 is 21.5 Å². The predicted molar refractivity (Wildman–Crippen MR) is 46.7 cm³/mol. The molecule has 0 bridgehead atoms. The van der Waals surface area contributed by atoms with E-state index in [-0.39, 0.29) is 0 Å². The minimum Gasteiger partial charge on any atom is -0.469 e. The Morgan fingerprint density at radius 1 is 1.44 bits per heavy atom. The van der Waals surface area contributed by atoms with Crippen molar-refractivity contribution < 1.29 is 31.1 Å². The molecule has 0 atom stereocenters. The van der Waals surface area contributed by atoms with Crippen LogP contribution in [0.1, 0.15) is 12.8 Å². The molecule has 1 N–H and O–H groups in total. The van der Waals surface area contributed by atoms with Gasteiger partial charge in [-0.05, 0) is 12.8 Å². The predicted octanol–water partition coefficient (Wildman–Crippen LogP) is 0.379. The van der Waals surface area contributed by atoms with Crippen LogP contribution in [0, 0.1) is 5.41 Å². The van der Waals surface area contributed by atoms with Gasteiger partial charge in [-0.25, -0.2) is 13.1 Å². The van der Waals surface area contributed by atoms with E-state index in [0.29, 0.717) is 12.8 Å². The van der Waals surface area contributed by atoms with Gasteiger partial charge in [-0.15, -0.1) is 0 Å². The molecule has 1 saturated carbocycles. The number of alkyl halides is 3. The molecular weight excluding hydrogens is 251 g/mol. The average Bonchev–Trinajstić information content (AvgIpc) is 2.93. The number of nitrogens with one attached hydrogen (secondary N) is 1. The van der Waals surface area contributed by atoms with E-state index in [2.05, 4.69) is 4.74 Å². The molecule has 1 aliphatic carbocycles. The van der Waals surface area contributed by atoms with E-state index in [4.69, 9.17) is 0 Å². The molecule has 9 heteroatoms. The van der Waals surface area contributed by atoms with E-state index in [1.807, 2.05) is 0 Å². The van der Waals surface area contributed by atoms with Crippen LogP contribution in [0.5, 0.6) is 0 Å². The largest absolute Gasteiger partial charge is 0.511 e. The summed E-state index contributed by atoms with van der Waals surface area (Å²) in [5.74, 6) is -0.697. The molecule has 1 aliphatic rings. The lowest BCUT2D eigenvalue weighted by atomic mass is 10.1. The monoisotopic (exact) mass is 261 g/mol. The highest BCUT2D eigenvalue weighted by molar-refractivity contribution is 7.90. The van der Waals surface area contributed by atoms with Gasteiger partial charge in [0, 0.05) is 6.54 Å².